The van der Waals surface area contributed by atoms with Crippen molar-refractivity contribution in [2.75, 3.05) is 17.2 Å². The molecule has 0 aliphatic heterocycles. The molecule has 216 valence electrons. The van der Waals surface area contributed by atoms with Crippen molar-refractivity contribution >= 4 is 73.8 Å². The van der Waals surface area contributed by atoms with Crippen LogP contribution in [0.5, 0.6) is 11.5 Å². The van der Waals surface area contributed by atoms with Crippen LogP contribution in [0.25, 0.3) is 10.4 Å². The SMILES string of the molecule is O=C(Nc1cccc(Cl)c1)Nc1ccc(OC(=O)CCCO[N+](=O)[O-])c(C(=O)Oc2ccc(-c3cc(=S)ss3)cc2)c1. The monoisotopic (exact) mass is 645 g/mol. The van der Waals surface area contributed by atoms with Crippen molar-refractivity contribution in [1.82, 2.24) is 0 Å². The summed E-state index contributed by atoms with van der Waals surface area (Å²) in [6.07, 6.45) is -0.186. The van der Waals surface area contributed by atoms with Gasteiger partial charge in [-0.2, -0.15) is 0 Å². The lowest BCUT2D eigenvalue weighted by atomic mass is 10.1. The number of amides is 2. The van der Waals surface area contributed by atoms with Crippen LogP contribution in [-0.2, 0) is 9.63 Å². The predicted octanol–water partition coefficient (Wildman–Crippen LogP) is 7.62. The highest BCUT2D eigenvalue weighted by atomic mass is 35.5. The maximum absolute atomic E-state index is 13.2. The quantitative estimate of drug-likeness (QED) is 0.0320. The zero-order valence-electron chi connectivity index (χ0n) is 21.4. The summed E-state index contributed by atoms with van der Waals surface area (Å²) < 4.78 is 11.6. The molecule has 42 heavy (non-hydrogen) atoms. The van der Waals surface area contributed by atoms with E-state index in [1.165, 1.54) is 38.9 Å². The average Bonchev–Trinajstić information content (AvgIpc) is 3.38. The van der Waals surface area contributed by atoms with Crippen LogP contribution >= 0.6 is 44.5 Å². The molecule has 4 rings (SSSR count). The van der Waals surface area contributed by atoms with Gasteiger partial charge in [0, 0.05) is 27.7 Å². The summed E-state index contributed by atoms with van der Waals surface area (Å²) in [5.41, 5.74) is 1.40. The van der Waals surface area contributed by atoms with Gasteiger partial charge in [0.2, 0.25) is 0 Å². The van der Waals surface area contributed by atoms with Gasteiger partial charge < -0.3 is 24.9 Å². The second kappa shape index (κ2) is 14.5. The van der Waals surface area contributed by atoms with E-state index >= 15 is 0 Å². The van der Waals surface area contributed by atoms with Crippen LogP contribution in [0.3, 0.4) is 0 Å². The van der Waals surface area contributed by atoms with Gasteiger partial charge in [-0.15, -0.1) is 10.1 Å². The van der Waals surface area contributed by atoms with E-state index in [1.54, 1.807) is 48.5 Å². The Kier molecular flexibility index (Phi) is 10.6. The summed E-state index contributed by atoms with van der Waals surface area (Å²) in [6, 6.07) is 18.6. The molecule has 1 aromatic heterocycles. The molecule has 0 bridgehead atoms. The third-order valence-corrected chi connectivity index (χ3v) is 8.44. The molecule has 1 heterocycles. The fourth-order valence-electron chi connectivity index (χ4n) is 3.47. The normalized spacial score (nSPS) is 10.4. The zero-order chi connectivity index (χ0) is 30.1. The lowest BCUT2D eigenvalue weighted by Crippen LogP contribution is -2.20. The number of urea groups is 1. The number of carbonyl (C=O) groups is 3. The summed E-state index contributed by atoms with van der Waals surface area (Å²) in [5.74, 6) is -1.50. The Hall–Kier alpha value is -4.37. The number of nitrogens with one attached hydrogen (secondary N) is 2. The number of hydrogen-bond donors (Lipinski definition) is 2. The molecule has 0 saturated heterocycles. The summed E-state index contributed by atoms with van der Waals surface area (Å²) in [5, 5.41) is 15.0. The topological polar surface area (TPSA) is 146 Å². The van der Waals surface area contributed by atoms with Gasteiger partial charge in [-0.1, -0.05) is 50.6 Å². The van der Waals surface area contributed by atoms with Crippen LogP contribution in [0.1, 0.15) is 23.2 Å². The molecule has 11 nitrogen and oxygen atoms in total. The van der Waals surface area contributed by atoms with Crippen molar-refractivity contribution in [1.29, 1.82) is 0 Å². The minimum absolute atomic E-state index is 0.0210. The molecule has 2 amide bonds. The predicted molar refractivity (Wildman–Crippen MR) is 162 cm³/mol. The molecule has 0 aliphatic rings. The number of carbonyl (C=O) groups excluding carboxylic acids is 3. The van der Waals surface area contributed by atoms with E-state index in [4.69, 9.17) is 33.3 Å². The molecule has 15 heteroatoms. The van der Waals surface area contributed by atoms with Crippen molar-refractivity contribution in [3.63, 3.8) is 0 Å². The number of benzene rings is 3. The lowest BCUT2D eigenvalue weighted by Gasteiger charge is -2.13. The molecule has 3 aromatic carbocycles. The van der Waals surface area contributed by atoms with Crippen molar-refractivity contribution in [3.8, 4) is 21.9 Å². The largest absolute Gasteiger partial charge is 0.426 e. The van der Waals surface area contributed by atoms with Gasteiger partial charge in [0.15, 0.2) is 0 Å². The highest BCUT2D eigenvalue weighted by Gasteiger charge is 2.20. The number of esters is 2. The molecule has 4 aromatic rings. The van der Waals surface area contributed by atoms with E-state index in [0.717, 1.165) is 14.3 Å². The summed E-state index contributed by atoms with van der Waals surface area (Å²) in [4.78, 5) is 53.6. The minimum atomic E-state index is -0.961. The van der Waals surface area contributed by atoms with Crippen LogP contribution in [0.15, 0.2) is 72.8 Å². The smallest absolute Gasteiger partial charge is 0.347 e. The first-order chi connectivity index (χ1) is 20.2. The number of rotatable bonds is 11. The van der Waals surface area contributed by atoms with E-state index in [2.05, 4.69) is 15.5 Å². The van der Waals surface area contributed by atoms with E-state index in [9.17, 15) is 24.5 Å². The van der Waals surface area contributed by atoms with Gasteiger partial charge in [-0.05, 0) is 78.7 Å². The van der Waals surface area contributed by atoms with Gasteiger partial charge in [-0.3, -0.25) is 4.79 Å². The maximum atomic E-state index is 13.2. The minimum Gasteiger partial charge on any atom is -0.426 e. The summed E-state index contributed by atoms with van der Waals surface area (Å²) >= 11 is 11.1. The summed E-state index contributed by atoms with van der Waals surface area (Å²) in [6.45, 7) is -0.294. The van der Waals surface area contributed by atoms with Crippen LogP contribution in [-0.4, -0.2) is 29.7 Å². The van der Waals surface area contributed by atoms with E-state index in [-0.39, 0.29) is 42.2 Å². The van der Waals surface area contributed by atoms with Crippen LogP contribution in [0.4, 0.5) is 16.2 Å². The Balaban J connectivity index is 1.50. The third-order valence-electron chi connectivity index (χ3n) is 5.30. The molecule has 0 fully saturated rings. The number of halogens is 1. The average molecular weight is 646 g/mol. The molecule has 0 radical (unpaired) electrons. The second-order valence-corrected chi connectivity index (χ2v) is 11.7. The summed E-state index contributed by atoms with van der Waals surface area (Å²) in [7, 11) is 3.02. The van der Waals surface area contributed by atoms with Gasteiger partial charge in [0.1, 0.15) is 20.9 Å². The van der Waals surface area contributed by atoms with Gasteiger partial charge in [0.05, 0.1) is 6.61 Å². The third kappa shape index (κ3) is 9.07. The Morgan fingerprint density at radius 1 is 0.929 bits per heavy atom. The Morgan fingerprint density at radius 3 is 2.33 bits per heavy atom. The van der Waals surface area contributed by atoms with Gasteiger partial charge in [0.25, 0.3) is 5.09 Å². The Labute approximate surface area is 256 Å². The van der Waals surface area contributed by atoms with Gasteiger partial charge >= 0.3 is 18.0 Å². The van der Waals surface area contributed by atoms with E-state index < -0.39 is 23.1 Å². The van der Waals surface area contributed by atoms with Gasteiger partial charge in [-0.25, -0.2) is 9.59 Å². The molecule has 0 spiro atoms. The molecule has 0 unspecified atom stereocenters. The van der Waals surface area contributed by atoms with E-state index in [1.807, 2.05) is 6.07 Å². The number of anilines is 2. The standard InChI is InChI=1S/C27H20ClN3O8S3/c28-17-3-1-4-18(13-17)29-27(34)30-19-8-11-22(39-24(32)5-2-12-37-31(35)36)21(14-19)26(33)38-20-9-6-16(7-10-20)23-15-25(40)42-41-23/h1,3-4,6-11,13-15H,2,5,12H2,(H2,29,30,34). The van der Waals surface area contributed by atoms with Crippen LogP contribution < -0.4 is 20.1 Å². The van der Waals surface area contributed by atoms with Crippen LogP contribution in [0.2, 0.25) is 5.02 Å². The second-order valence-electron chi connectivity index (χ2n) is 8.34. The highest BCUT2D eigenvalue weighted by molar-refractivity contribution is 7.80. The fourth-order valence-corrected chi connectivity index (χ4v) is 6.06. The highest BCUT2D eigenvalue weighted by Crippen LogP contribution is 2.31. The molecular weight excluding hydrogens is 626 g/mol. The first kappa shape index (κ1) is 30.6. The van der Waals surface area contributed by atoms with Crippen LogP contribution in [0, 0.1) is 13.9 Å². The van der Waals surface area contributed by atoms with E-state index in [0.29, 0.717) is 10.7 Å². The lowest BCUT2D eigenvalue weighted by molar-refractivity contribution is -0.757. The fraction of sp³-hybridized carbons (Fsp3) is 0.111. The molecule has 0 atom stereocenters. The number of hydrogen-bond acceptors (Lipinski definition) is 11. The molecule has 0 aliphatic carbocycles. The molecule has 0 saturated carbocycles. The molecular formula is C27H20ClN3O8S3. The Bertz CT molecular complexity index is 1670. The first-order valence-electron chi connectivity index (χ1n) is 12.0. The number of ether oxygens (including phenoxy) is 2. The van der Waals surface area contributed by atoms with Crippen molar-refractivity contribution < 1.29 is 33.8 Å². The first-order valence-corrected chi connectivity index (χ1v) is 15.0. The number of nitrogens with zero attached hydrogens (tertiary/aromatic N) is 1. The Morgan fingerprint density at radius 2 is 1.67 bits per heavy atom. The molecule has 2 N–H and O–H groups in total. The van der Waals surface area contributed by atoms with Crippen molar-refractivity contribution in [3.05, 3.63) is 97.3 Å². The zero-order valence-corrected chi connectivity index (χ0v) is 24.6. The maximum Gasteiger partial charge on any atom is 0.347 e. The van der Waals surface area contributed by atoms with Crippen molar-refractivity contribution in [2.24, 2.45) is 0 Å². The van der Waals surface area contributed by atoms with Crippen molar-refractivity contribution in [2.45, 2.75) is 12.8 Å².